The average molecular weight is 412 g/mol. The number of hydrogen-bond acceptors (Lipinski definition) is 6. The first kappa shape index (κ1) is 19.9. The SMILES string of the molecule is CC(NC(=O)C(=O)NC(C)C1COc2ccccc2O1)C1COc2ccccc2O1. The molecule has 4 unspecified atom stereocenters. The summed E-state index contributed by atoms with van der Waals surface area (Å²) >= 11 is 0. The minimum absolute atomic E-state index is 0.281. The molecule has 0 radical (unpaired) electrons. The minimum atomic E-state index is -0.742. The fourth-order valence-electron chi connectivity index (χ4n) is 3.29. The molecule has 2 aliphatic heterocycles. The van der Waals surface area contributed by atoms with E-state index in [2.05, 4.69) is 10.6 Å². The van der Waals surface area contributed by atoms with Gasteiger partial charge in [0.25, 0.3) is 0 Å². The zero-order valence-corrected chi connectivity index (χ0v) is 16.8. The third-order valence-corrected chi connectivity index (χ3v) is 5.10. The van der Waals surface area contributed by atoms with E-state index in [9.17, 15) is 9.59 Å². The number of nitrogens with one attached hydrogen (secondary N) is 2. The van der Waals surface area contributed by atoms with Gasteiger partial charge in [-0.2, -0.15) is 0 Å². The van der Waals surface area contributed by atoms with Crippen molar-refractivity contribution in [1.82, 2.24) is 10.6 Å². The number of benzene rings is 2. The predicted molar refractivity (Wildman–Crippen MR) is 108 cm³/mol. The second kappa shape index (κ2) is 8.52. The van der Waals surface area contributed by atoms with Crippen LogP contribution in [0.1, 0.15) is 13.8 Å². The van der Waals surface area contributed by atoms with Gasteiger partial charge in [0, 0.05) is 0 Å². The first-order valence-electron chi connectivity index (χ1n) is 9.89. The van der Waals surface area contributed by atoms with E-state index in [1.165, 1.54) is 0 Å². The lowest BCUT2D eigenvalue weighted by Crippen LogP contribution is -2.55. The standard InChI is InChI=1S/C22H24N2O6/c1-13(19-11-27-15-7-3-5-9-17(15)29-19)23-21(25)22(26)24-14(2)20-12-28-16-8-4-6-10-18(16)30-20/h3-10,13-14,19-20H,11-12H2,1-2H3,(H,23,25)(H,24,26). The van der Waals surface area contributed by atoms with Gasteiger partial charge in [0.05, 0.1) is 12.1 Å². The summed E-state index contributed by atoms with van der Waals surface area (Å²) in [7, 11) is 0. The van der Waals surface area contributed by atoms with Crippen LogP contribution in [0.25, 0.3) is 0 Å². The van der Waals surface area contributed by atoms with E-state index in [1.807, 2.05) is 36.4 Å². The highest BCUT2D eigenvalue weighted by atomic mass is 16.6. The van der Waals surface area contributed by atoms with Crippen LogP contribution in [-0.2, 0) is 9.59 Å². The summed E-state index contributed by atoms with van der Waals surface area (Å²) in [5, 5.41) is 5.35. The maximum atomic E-state index is 12.4. The van der Waals surface area contributed by atoms with Gasteiger partial charge in [-0.1, -0.05) is 24.3 Å². The van der Waals surface area contributed by atoms with E-state index >= 15 is 0 Å². The van der Waals surface area contributed by atoms with Gasteiger partial charge in [-0.25, -0.2) is 0 Å². The lowest BCUT2D eigenvalue weighted by atomic mass is 10.1. The zero-order chi connectivity index (χ0) is 21.1. The van der Waals surface area contributed by atoms with Crippen LogP contribution in [0.2, 0.25) is 0 Å². The quantitative estimate of drug-likeness (QED) is 0.742. The van der Waals surface area contributed by atoms with Crippen LogP contribution in [-0.4, -0.2) is 49.3 Å². The highest BCUT2D eigenvalue weighted by Crippen LogP contribution is 2.32. The largest absolute Gasteiger partial charge is 0.486 e. The Morgan fingerprint density at radius 2 is 1.10 bits per heavy atom. The van der Waals surface area contributed by atoms with Gasteiger partial charge < -0.3 is 29.6 Å². The van der Waals surface area contributed by atoms with E-state index in [1.54, 1.807) is 26.0 Å². The van der Waals surface area contributed by atoms with Crippen LogP contribution in [0, 0.1) is 0 Å². The van der Waals surface area contributed by atoms with Gasteiger partial charge in [0.15, 0.2) is 35.2 Å². The smallest absolute Gasteiger partial charge is 0.309 e. The van der Waals surface area contributed by atoms with Crippen molar-refractivity contribution in [2.75, 3.05) is 13.2 Å². The normalized spacial score (nSPS) is 21.1. The number of fused-ring (bicyclic) bond motifs is 2. The number of amides is 2. The predicted octanol–water partition coefficient (Wildman–Crippen LogP) is 1.68. The van der Waals surface area contributed by atoms with Gasteiger partial charge in [-0.15, -0.1) is 0 Å². The van der Waals surface area contributed by atoms with E-state index in [4.69, 9.17) is 18.9 Å². The first-order chi connectivity index (χ1) is 14.5. The number of hydrogen-bond donors (Lipinski definition) is 2. The van der Waals surface area contributed by atoms with Gasteiger partial charge in [-0.3, -0.25) is 9.59 Å². The molecule has 2 aromatic rings. The van der Waals surface area contributed by atoms with Crippen LogP contribution < -0.4 is 29.6 Å². The molecule has 8 nitrogen and oxygen atoms in total. The molecule has 2 amide bonds. The van der Waals surface area contributed by atoms with Gasteiger partial charge in [0.2, 0.25) is 0 Å². The van der Waals surface area contributed by atoms with Crippen molar-refractivity contribution in [3.63, 3.8) is 0 Å². The number of para-hydroxylation sites is 4. The molecule has 0 saturated carbocycles. The Morgan fingerprint density at radius 1 is 0.733 bits per heavy atom. The van der Waals surface area contributed by atoms with Gasteiger partial charge >= 0.3 is 11.8 Å². The van der Waals surface area contributed by atoms with Crippen LogP contribution in [0.3, 0.4) is 0 Å². The Hall–Kier alpha value is -3.42. The number of carbonyl (C=O) groups is 2. The second-order valence-corrected chi connectivity index (χ2v) is 7.35. The molecule has 0 saturated heterocycles. The van der Waals surface area contributed by atoms with E-state index < -0.39 is 36.1 Å². The molecule has 4 atom stereocenters. The summed E-state index contributed by atoms with van der Waals surface area (Å²) < 4.78 is 23.1. The number of rotatable bonds is 4. The number of ether oxygens (including phenoxy) is 4. The topological polar surface area (TPSA) is 95.1 Å². The molecule has 0 fully saturated rings. The molecule has 0 bridgehead atoms. The third-order valence-electron chi connectivity index (χ3n) is 5.10. The Labute approximate surface area is 174 Å². The molecule has 158 valence electrons. The molecule has 0 spiro atoms. The molecule has 2 aliphatic rings. The number of carbonyl (C=O) groups excluding carboxylic acids is 2. The summed E-state index contributed by atoms with van der Waals surface area (Å²) in [4.78, 5) is 24.7. The minimum Gasteiger partial charge on any atom is -0.486 e. The van der Waals surface area contributed by atoms with Gasteiger partial charge in [-0.05, 0) is 38.1 Å². The summed E-state index contributed by atoms with van der Waals surface area (Å²) in [6.07, 6.45) is -0.804. The molecule has 0 aliphatic carbocycles. The summed E-state index contributed by atoms with van der Waals surface area (Å²) in [5.41, 5.74) is 0. The molecule has 2 heterocycles. The molecule has 4 rings (SSSR count). The molecule has 2 N–H and O–H groups in total. The van der Waals surface area contributed by atoms with Crippen LogP contribution in [0.5, 0.6) is 23.0 Å². The fourth-order valence-corrected chi connectivity index (χ4v) is 3.29. The van der Waals surface area contributed by atoms with E-state index in [0.29, 0.717) is 23.0 Å². The van der Waals surface area contributed by atoms with Crippen molar-refractivity contribution in [3.8, 4) is 23.0 Å². The molecule has 2 aromatic carbocycles. The maximum Gasteiger partial charge on any atom is 0.309 e. The van der Waals surface area contributed by atoms with Crippen molar-refractivity contribution in [2.45, 2.75) is 38.1 Å². The molecular weight excluding hydrogens is 388 g/mol. The Balaban J connectivity index is 1.28. The molecule has 30 heavy (non-hydrogen) atoms. The van der Waals surface area contributed by atoms with E-state index in [-0.39, 0.29) is 13.2 Å². The molecule has 8 heteroatoms. The highest BCUT2D eigenvalue weighted by molar-refractivity contribution is 6.35. The monoisotopic (exact) mass is 412 g/mol. The zero-order valence-electron chi connectivity index (χ0n) is 16.8. The van der Waals surface area contributed by atoms with Crippen LogP contribution >= 0.6 is 0 Å². The summed E-state index contributed by atoms with van der Waals surface area (Å²) in [6, 6.07) is 13.8. The van der Waals surface area contributed by atoms with Crippen LogP contribution in [0.15, 0.2) is 48.5 Å². The van der Waals surface area contributed by atoms with Crippen molar-refractivity contribution < 1.29 is 28.5 Å². The van der Waals surface area contributed by atoms with Crippen molar-refractivity contribution >= 4 is 11.8 Å². The second-order valence-electron chi connectivity index (χ2n) is 7.35. The van der Waals surface area contributed by atoms with Crippen molar-refractivity contribution in [2.24, 2.45) is 0 Å². The Bertz CT molecular complexity index is 858. The lowest BCUT2D eigenvalue weighted by Gasteiger charge is -2.31. The van der Waals surface area contributed by atoms with Gasteiger partial charge in [0.1, 0.15) is 13.2 Å². The molecular formula is C22H24N2O6. The Kier molecular flexibility index (Phi) is 5.65. The first-order valence-corrected chi connectivity index (χ1v) is 9.89. The summed E-state index contributed by atoms with van der Waals surface area (Å²) in [6.45, 7) is 4.10. The van der Waals surface area contributed by atoms with Crippen molar-refractivity contribution in [1.29, 1.82) is 0 Å². The third kappa shape index (κ3) is 4.27. The fraction of sp³-hybridized carbons (Fsp3) is 0.364. The average Bonchev–Trinajstić information content (AvgIpc) is 2.78. The van der Waals surface area contributed by atoms with Crippen molar-refractivity contribution in [3.05, 3.63) is 48.5 Å². The maximum absolute atomic E-state index is 12.4. The molecule has 0 aromatic heterocycles. The van der Waals surface area contributed by atoms with E-state index in [0.717, 1.165) is 0 Å². The van der Waals surface area contributed by atoms with Crippen LogP contribution in [0.4, 0.5) is 0 Å². The Morgan fingerprint density at radius 3 is 1.50 bits per heavy atom. The highest BCUT2D eigenvalue weighted by Gasteiger charge is 2.31. The lowest BCUT2D eigenvalue weighted by molar-refractivity contribution is -0.140. The summed E-state index contributed by atoms with van der Waals surface area (Å²) in [5.74, 6) is 1.07.